The van der Waals surface area contributed by atoms with E-state index in [0.717, 1.165) is 35.1 Å². The summed E-state index contributed by atoms with van der Waals surface area (Å²) in [6.07, 6.45) is 3.39. The third-order valence-corrected chi connectivity index (χ3v) is 4.84. The van der Waals surface area contributed by atoms with Gasteiger partial charge < -0.3 is 10.6 Å². The molecule has 1 saturated heterocycles. The van der Waals surface area contributed by atoms with Crippen molar-refractivity contribution in [2.75, 3.05) is 18.8 Å². The molecule has 3 aromatic rings. The molecule has 0 atom stereocenters. The fourth-order valence-electron chi connectivity index (χ4n) is 3.48. The van der Waals surface area contributed by atoms with Crippen LogP contribution in [0.5, 0.6) is 0 Å². The molecule has 1 aliphatic heterocycles. The van der Waals surface area contributed by atoms with E-state index in [-0.39, 0.29) is 11.8 Å². The fourth-order valence-corrected chi connectivity index (χ4v) is 3.48. The minimum absolute atomic E-state index is 0.00140. The van der Waals surface area contributed by atoms with Gasteiger partial charge in [-0.2, -0.15) is 0 Å². The number of piperidine rings is 1. The molecule has 4 rings (SSSR count). The number of benzene rings is 1. The molecule has 0 unspecified atom stereocenters. The number of amides is 1. The number of fused-ring (bicyclic) bond motifs is 1. The number of hydrogen-bond donors (Lipinski definition) is 1. The quantitative estimate of drug-likeness (QED) is 0.782. The molecule has 0 bridgehead atoms. The van der Waals surface area contributed by atoms with Crippen LogP contribution in [0.25, 0.3) is 10.9 Å². The summed E-state index contributed by atoms with van der Waals surface area (Å²) in [6, 6.07) is 15.4. The van der Waals surface area contributed by atoms with E-state index in [1.807, 2.05) is 47.4 Å². The third-order valence-electron chi connectivity index (χ3n) is 4.84. The van der Waals surface area contributed by atoms with Crippen LogP contribution in [0.2, 0.25) is 0 Å². The highest BCUT2D eigenvalue weighted by molar-refractivity contribution is 5.92. The lowest BCUT2D eigenvalue weighted by atomic mass is 9.91. The molecule has 0 saturated carbocycles. The lowest BCUT2D eigenvalue weighted by Gasteiger charge is -2.32. The van der Waals surface area contributed by atoms with E-state index < -0.39 is 0 Å². The predicted molar refractivity (Wildman–Crippen MR) is 98.3 cm³/mol. The number of carbonyl (C=O) groups is 1. The number of hydrogen-bond acceptors (Lipinski definition) is 4. The van der Waals surface area contributed by atoms with Crippen LogP contribution in [-0.4, -0.2) is 33.9 Å². The molecule has 1 aromatic carbocycles. The number of nitrogen functional groups attached to an aromatic ring is 1. The van der Waals surface area contributed by atoms with E-state index in [1.165, 1.54) is 0 Å². The zero-order chi connectivity index (χ0) is 17.2. The molecule has 126 valence electrons. The van der Waals surface area contributed by atoms with Crippen LogP contribution in [0.1, 0.15) is 34.9 Å². The van der Waals surface area contributed by atoms with Crippen molar-refractivity contribution >= 4 is 22.5 Å². The molecule has 2 aromatic heterocycles. The summed E-state index contributed by atoms with van der Waals surface area (Å²) in [5.41, 5.74) is 9.43. The molecule has 2 N–H and O–H groups in total. The van der Waals surface area contributed by atoms with Crippen molar-refractivity contribution in [2.24, 2.45) is 0 Å². The highest BCUT2D eigenvalue weighted by Crippen LogP contribution is 2.32. The van der Waals surface area contributed by atoms with Crippen LogP contribution in [-0.2, 0) is 0 Å². The van der Waals surface area contributed by atoms with E-state index in [9.17, 15) is 4.79 Å². The van der Waals surface area contributed by atoms with E-state index in [4.69, 9.17) is 10.7 Å². The summed E-state index contributed by atoms with van der Waals surface area (Å²) in [4.78, 5) is 23.3. The maximum atomic E-state index is 12.5. The fraction of sp³-hybridized carbons (Fsp3) is 0.250. The van der Waals surface area contributed by atoms with Gasteiger partial charge in [0.25, 0.3) is 5.91 Å². The Kier molecular flexibility index (Phi) is 4.06. The first-order valence-electron chi connectivity index (χ1n) is 8.58. The van der Waals surface area contributed by atoms with E-state index in [1.54, 1.807) is 12.3 Å². The SMILES string of the molecule is Nc1cc2ccccc2nc1C1CCN(C(=O)c2ccccn2)CC1. The van der Waals surface area contributed by atoms with Gasteiger partial charge in [-0.15, -0.1) is 0 Å². The van der Waals surface area contributed by atoms with Gasteiger partial charge in [-0.25, -0.2) is 0 Å². The zero-order valence-corrected chi connectivity index (χ0v) is 13.9. The van der Waals surface area contributed by atoms with Crippen molar-refractivity contribution in [1.29, 1.82) is 0 Å². The Morgan fingerprint density at radius 1 is 1.08 bits per heavy atom. The van der Waals surface area contributed by atoms with Crippen LogP contribution < -0.4 is 5.73 Å². The first-order chi connectivity index (χ1) is 12.2. The molecule has 1 aliphatic rings. The summed E-state index contributed by atoms with van der Waals surface area (Å²) >= 11 is 0. The van der Waals surface area contributed by atoms with E-state index >= 15 is 0 Å². The van der Waals surface area contributed by atoms with E-state index in [0.29, 0.717) is 18.8 Å². The number of aromatic nitrogens is 2. The molecule has 25 heavy (non-hydrogen) atoms. The normalized spacial score (nSPS) is 15.4. The summed E-state index contributed by atoms with van der Waals surface area (Å²) < 4.78 is 0. The highest BCUT2D eigenvalue weighted by atomic mass is 16.2. The zero-order valence-electron chi connectivity index (χ0n) is 13.9. The standard InChI is InChI=1S/C20H20N4O/c21-16-13-15-5-1-2-6-17(15)23-19(16)14-8-11-24(12-9-14)20(25)18-7-3-4-10-22-18/h1-7,10,13-14H,8-9,11-12,21H2. The third kappa shape index (κ3) is 3.05. The second-order valence-corrected chi connectivity index (χ2v) is 6.44. The Morgan fingerprint density at radius 2 is 1.84 bits per heavy atom. The topological polar surface area (TPSA) is 72.1 Å². The number of nitrogens with zero attached hydrogens (tertiary/aromatic N) is 3. The van der Waals surface area contributed by atoms with E-state index in [2.05, 4.69) is 4.98 Å². The number of rotatable bonds is 2. The summed E-state index contributed by atoms with van der Waals surface area (Å²) in [6.45, 7) is 1.40. The maximum absolute atomic E-state index is 12.5. The first kappa shape index (κ1) is 15.6. The number of likely N-dealkylation sites (tertiary alicyclic amines) is 1. The largest absolute Gasteiger partial charge is 0.397 e. The Labute approximate surface area is 146 Å². The predicted octanol–water partition coefficient (Wildman–Crippen LogP) is 3.23. The van der Waals surface area contributed by atoms with Gasteiger partial charge in [-0.05, 0) is 37.1 Å². The molecular formula is C20H20N4O. The van der Waals surface area contributed by atoms with Gasteiger partial charge in [-0.3, -0.25) is 14.8 Å². The number of para-hydroxylation sites is 1. The van der Waals surface area contributed by atoms with Crippen molar-refractivity contribution in [2.45, 2.75) is 18.8 Å². The Balaban J connectivity index is 1.50. The van der Waals surface area contributed by atoms with Crippen LogP contribution in [0, 0.1) is 0 Å². The molecule has 5 nitrogen and oxygen atoms in total. The maximum Gasteiger partial charge on any atom is 0.272 e. The van der Waals surface area contributed by atoms with Crippen LogP contribution >= 0.6 is 0 Å². The average Bonchev–Trinajstić information content (AvgIpc) is 2.68. The number of carbonyl (C=O) groups excluding carboxylic acids is 1. The number of anilines is 1. The smallest absolute Gasteiger partial charge is 0.272 e. The molecular weight excluding hydrogens is 312 g/mol. The van der Waals surface area contributed by atoms with Crippen molar-refractivity contribution in [3.63, 3.8) is 0 Å². The Bertz CT molecular complexity index is 902. The summed E-state index contributed by atoms with van der Waals surface area (Å²) in [5, 5.41) is 1.06. The van der Waals surface area contributed by atoms with Crippen molar-refractivity contribution in [3.8, 4) is 0 Å². The molecule has 5 heteroatoms. The lowest BCUT2D eigenvalue weighted by Crippen LogP contribution is -2.38. The van der Waals surface area contributed by atoms with Crippen molar-refractivity contribution < 1.29 is 4.79 Å². The monoisotopic (exact) mass is 332 g/mol. The molecule has 0 aliphatic carbocycles. The molecule has 0 spiro atoms. The average molecular weight is 332 g/mol. The second kappa shape index (κ2) is 6.51. The van der Waals surface area contributed by atoms with Gasteiger partial charge in [0.1, 0.15) is 5.69 Å². The van der Waals surface area contributed by atoms with Gasteiger partial charge in [0, 0.05) is 30.6 Å². The molecule has 0 radical (unpaired) electrons. The summed E-state index contributed by atoms with van der Waals surface area (Å²) in [5.74, 6) is 0.288. The molecule has 3 heterocycles. The second-order valence-electron chi connectivity index (χ2n) is 6.44. The van der Waals surface area contributed by atoms with Crippen LogP contribution in [0.4, 0.5) is 5.69 Å². The van der Waals surface area contributed by atoms with Gasteiger partial charge >= 0.3 is 0 Å². The van der Waals surface area contributed by atoms with Crippen LogP contribution in [0.3, 0.4) is 0 Å². The van der Waals surface area contributed by atoms with Crippen molar-refractivity contribution in [1.82, 2.24) is 14.9 Å². The van der Waals surface area contributed by atoms with Gasteiger partial charge in [0.05, 0.1) is 16.9 Å². The number of nitrogens with two attached hydrogens (primary N) is 1. The highest BCUT2D eigenvalue weighted by Gasteiger charge is 2.27. The lowest BCUT2D eigenvalue weighted by molar-refractivity contribution is 0.0706. The van der Waals surface area contributed by atoms with Crippen LogP contribution in [0.15, 0.2) is 54.7 Å². The molecule has 1 fully saturated rings. The first-order valence-corrected chi connectivity index (χ1v) is 8.58. The Morgan fingerprint density at radius 3 is 2.60 bits per heavy atom. The van der Waals surface area contributed by atoms with Gasteiger partial charge in [-0.1, -0.05) is 24.3 Å². The van der Waals surface area contributed by atoms with Crippen molar-refractivity contribution in [3.05, 3.63) is 66.1 Å². The Hall–Kier alpha value is -2.95. The minimum atomic E-state index is -0.00140. The number of pyridine rings is 2. The van der Waals surface area contributed by atoms with Gasteiger partial charge in [0.15, 0.2) is 0 Å². The van der Waals surface area contributed by atoms with Gasteiger partial charge in [0.2, 0.25) is 0 Å². The summed E-state index contributed by atoms with van der Waals surface area (Å²) in [7, 11) is 0. The minimum Gasteiger partial charge on any atom is -0.397 e. The molecule has 1 amide bonds.